The quantitative estimate of drug-likeness (QED) is 0.196. The molecule has 6 nitrogen and oxygen atoms in total. The maximum atomic E-state index is 12.7. The number of amides is 1. The summed E-state index contributed by atoms with van der Waals surface area (Å²) in [5, 5.41) is 3.93. The molecule has 0 radical (unpaired) electrons. The summed E-state index contributed by atoms with van der Waals surface area (Å²) in [7, 11) is 0. The van der Waals surface area contributed by atoms with Gasteiger partial charge in [0.05, 0.1) is 15.8 Å². The Balaban J connectivity index is 1.57. The molecule has 0 aliphatic heterocycles. The molecule has 0 saturated heterocycles. The topological polar surface area (TPSA) is 67.9 Å². The minimum absolute atomic E-state index is 0.244. The molecular formula is C29H29BrN2O4S. The van der Waals surface area contributed by atoms with Crippen LogP contribution >= 0.6 is 27.3 Å². The molecule has 4 aromatic rings. The lowest BCUT2D eigenvalue weighted by molar-refractivity contribution is -0.114. The molecule has 1 amide bonds. The molecule has 0 saturated carbocycles. The van der Waals surface area contributed by atoms with Crippen LogP contribution in [0.25, 0.3) is 10.1 Å². The first-order valence-corrected chi connectivity index (χ1v) is 13.7. The maximum Gasteiger partial charge on any atom is 0.341 e. The monoisotopic (exact) mass is 580 g/mol. The zero-order valence-corrected chi connectivity index (χ0v) is 23.2. The maximum absolute atomic E-state index is 12.7. The summed E-state index contributed by atoms with van der Waals surface area (Å²) in [6, 6.07) is 24.5. The van der Waals surface area contributed by atoms with Gasteiger partial charge in [0.2, 0.25) is 5.91 Å². The smallest absolute Gasteiger partial charge is 0.341 e. The summed E-state index contributed by atoms with van der Waals surface area (Å²) in [5.41, 5.74) is 2.82. The molecule has 0 aliphatic rings. The Kier molecular flexibility index (Phi) is 9.33. The molecule has 1 aromatic heterocycles. The van der Waals surface area contributed by atoms with E-state index in [9.17, 15) is 9.59 Å². The van der Waals surface area contributed by atoms with Crippen LogP contribution in [0.4, 0.5) is 5.00 Å². The second kappa shape index (κ2) is 12.9. The number of esters is 1. The van der Waals surface area contributed by atoms with Gasteiger partial charge in [0, 0.05) is 31.9 Å². The summed E-state index contributed by atoms with van der Waals surface area (Å²) in [6.45, 7) is 6.15. The van der Waals surface area contributed by atoms with Crippen molar-refractivity contribution in [3.63, 3.8) is 0 Å². The Morgan fingerprint density at radius 3 is 2.14 bits per heavy atom. The third kappa shape index (κ3) is 6.97. The fraction of sp³-hybridized carbons (Fsp3) is 0.241. The summed E-state index contributed by atoms with van der Waals surface area (Å²) in [6.07, 6.45) is 0. The SMILES string of the molecule is CCOC(=O)c1c(NC(C)=O)sc2c(OCCN(Cc3ccccc3)Cc3ccccc3)c(Br)ccc12. The summed E-state index contributed by atoms with van der Waals surface area (Å²) >= 11 is 4.92. The van der Waals surface area contributed by atoms with Crippen LogP contribution in [0.15, 0.2) is 77.3 Å². The van der Waals surface area contributed by atoms with Gasteiger partial charge in [0.15, 0.2) is 5.75 Å². The first-order valence-electron chi connectivity index (χ1n) is 12.1. The second-order valence-corrected chi connectivity index (χ2v) is 10.4. The van der Waals surface area contributed by atoms with Gasteiger partial charge in [-0.3, -0.25) is 9.69 Å². The molecule has 0 fully saturated rings. The van der Waals surface area contributed by atoms with Crippen molar-refractivity contribution in [2.75, 3.05) is 25.1 Å². The first-order chi connectivity index (χ1) is 18.0. The first kappa shape index (κ1) is 26.9. The normalized spacial score (nSPS) is 11.0. The van der Waals surface area contributed by atoms with Gasteiger partial charge >= 0.3 is 5.97 Å². The highest BCUT2D eigenvalue weighted by Gasteiger charge is 2.24. The average Bonchev–Trinajstić information content (AvgIpc) is 3.24. The van der Waals surface area contributed by atoms with E-state index in [0.29, 0.717) is 34.9 Å². The lowest BCUT2D eigenvalue weighted by atomic mass is 10.1. The highest BCUT2D eigenvalue weighted by Crippen LogP contribution is 2.44. The number of halogens is 1. The van der Waals surface area contributed by atoms with E-state index < -0.39 is 5.97 Å². The summed E-state index contributed by atoms with van der Waals surface area (Å²) in [4.78, 5) is 26.9. The van der Waals surface area contributed by atoms with E-state index in [1.54, 1.807) is 6.92 Å². The molecule has 4 rings (SSSR count). The van der Waals surface area contributed by atoms with Crippen molar-refractivity contribution < 1.29 is 19.1 Å². The van der Waals surface area contributed by atoms with Crippen LogP contribution < -0.4 is 10.1 Å². The van der Waals surface area contributed by atoms with E-state index in [0.717, 1.165) is 22.3 Å². The van der Waals surface area contributed by atoms with Crippen LogP contribution in [0, 0.1) is 0 Å². The lowest BCUT2D eigenvalue weighted by Crippen LogP contribution is -2.27. The predicted molar refractivity (Wildman–Crippen MR) is 152 cm³/mol. The largest absolute Gasteiger partial charge is 0.490 e. The van der Waals surface area contributed by atoms with Crippen LogP contribution in [-0.2, 0) is 22.6 Å². The second-order valence-electron chi connectivity index (χ2n) is 8.49. The lowest BCUT2D eigenvalue weighted by Gasteiger charge is -2.23. The molecule has 1 heterocycles. The number of benzene rings is 3. The molecule has 0 spiro atoms. The Morgan fingerprint density at radius 2 is 1.57 bits per heavy atom. The van der Waals surface area contributed by atoms with Crippen molar-refractivity contribution in [3.8, 4) is 5.75 Å². The van der Waals surface area contributed by atoms with Gasteiger partial charge in [-0.15, -0.1) is 11.3 Å². The molecule has 3 aromatic carbocycles. The van der Waals surface area contributed by atoms with Crippen LogP contribution in [0.3, 0.4) is 0 Å². The number of nitrogens with zero attached hydrogens (tertiary/aromatic N) is 1. The van der Waals surface area contributed by atoms with Crippen LogP contribution in [-0.4, -0.2) is 36.5 Å². The van der Waals surface area contributed by atoms with E-state index in [1.165, 1.54) is 29.4 Å². The molecule has 192 valence electrons. The van der Waals surface area contributed by atoms with Crippen molar-refractivity contribution in [3.05, 3.63) is 94.0 Å². The molecule has 0 atom stereocenters. The van der Waals surface area contributed by atoms with Crippen LogP contribution in [0.2, 0.25) is 0 Å². The molecule has 8 heteroatoms. The number of rotatable bonds is 11. The Bertz CT molecular complexity index is 1320. The number of hydrogen-bond donors (Lipinski definition) is 1. The predicted octanol–water partition coefficient (Wildman–Crippen LogP) is 6.88. The highest BCUT2D eigenvalue weighted by molar-refractivity contribution is 9.10. The number of ether oxygens (including phenoxy) is 2. The number of hydrogen-bond acceptors (Lipinski definition) is 6. The van der Waals surface area contributed by atoms with Gasteiger partial charge in [-0.05, 0) is 40.0 Å². The van der Waals surface area contributed by atoms with E-state index in [1.807, 2.05) is 24.3 Å². The van der Waals surface area contributed by atoms with Crippen molar-refractivity contribution in [1.29, 1.82) is 0 Å². The average molecular weight is 582 g/mol. The van der Waals surface area contributed by atoms with Crippen LogP contribution in [0.5, 0.6) is 5.75 Å². The molecule has 1 N–H and O–H groups in total. The highest BCUT2D eigenvalue weighted by atomic mass is 79.9. The zero-order chi connectivity index (χ0) is 26.2. The zero-order valence-electron chi connectivity index (χ0n) is 20.8. The van der Waals surface area contributed by atoms with Gasteiger partial charge in [-0.1, -0.05) is 66.7 Å². The number of anilines is 1. The van der Waals surface area contributed by atoms with E-state index in [-0.39, 0.29) is 12.5 Å². The third-order valence-electron chi connectivity index (χ3n) is 5.69. The minimum atomic E-state index is -0.470. The number of carbonyl (C=O) groups excluding carboxylic acids is 2. The standard InChI is InChI=1S/C29H29BrN2O4S/c1-3-35-29(34)25-23-14-15-24(30)26(27(23)37-28(25)31-20(2)33)36-17-16-32(18-21-10-6-4-7-11-21)19-22-12-8-5-9-13-22/h4-15H,3,16-19H2,1-2H3,(H,31,33). The van der Waals surface area contributed by atoms with Crippen molar-refractivity contribution in [2.45, 2.75) is 26.9 Å². The van der Waals surface area contributed by atoms with Gasteiger partial charge in [-0.25, -0.2) is 4.79 Å². The minimum Gasteiger partial charge on any atom is -0.490 e. The number of thiophene rings is 1. The Hall–Kier alpha value is -3.20. The van der Waals surface area contributed by atoms with Crippen molar-refractivity contribution in [1.82, 2.24) is 4.90 Å². The van der Waals surface area contributed by atoms with Gasteiger partial charge in [-0.2, -0.15) is 0 Å². The molecule has 0 bridgehead atoms. The van der Waals surface area contributed by atoms with Crippen molar-refractivity contribution in [2.24, 2.45) is 0 Å². The molecular weight excluding hydrogens is 552 g/mol. The van der Waals surface area contributed by atoms with Crippen molar-refractivity contribution >= 4 is 54.2 Å². The van der Waals surface area contributed by atoms with E-state index >= 15 is 0 Å². The van der Waals surface area contributed by atoms with Gasteiger partial charge in [0.25, 0.3) is 0 Å². The fourth-order valence-corrected chi connectivity index (χ4v) is 5.89. The van der Waals surface area contributed by atoms with Crippen LogP contribution in [0.1, 0.15) is 35.3 Å². The summed E-state index contributed by atoms with van der Waals surface area (Å²) < 4.78 is 13.2. The summed E-state index contributed by atoms with van der Waals surface area (Å²) in [5.74, 6) is -0.0807. The molecule has 0 aliphatic carbocycles. The van der Waals surface area contributed by atoms with Gasteiger partial charge in [0.1, 0.15) is 17.2 Å². The Labute approximate surface area is 229 Å². The Morgan fingerprint density at radius 1 is 0.946 bits per heavy atom. The van der Waals surface area contributed by atoms with E-state index in [2.05, 4.69) is 74.7 Å². The number of carbonyl (C=O) groups is 2. The number of fused-ring (bicyclic) bond motifs is 1. The van der Waals surface area contributed by atoms with E-state index in [4.69, 9.17) is 9.47 Å². The fourth-order valence-electron chi connectivity index (χ4n) is 4.07. The number of nitrogens with one attached hydrogen (secondary N) is 1. The third-order valence-corrected chi connectivity index (χ3v) is 7.43. The van der Waals surface area contributed by atoms with Gasteiger partial charge < -0.3 is 14.8 Å². The molecule has 0 unspecified atom stereocenters. The molecule has 37 heavy (non-hydrogen) atoms.